The van der Waals surface area contributed by atoms with Gasteiger partial charge in [0.1, 0.15) is 0 Å². The van der Waals surface area contributed by atoms with Crippen molar-refractivity contribution in [1.82, 2.24) is 9.80 Å². The summed E-state index contributed by atoms with van der Waals surface area (Å²) in [6.45, 7) is 9.39. The van der Waals surface area contributed by atoms with E-state index in [0.717, 1.165) is 31.7 Å². The molecule has 1 aromatic rings. The van der Waals surface area contributed by atoms with E-state index in [1.165, 1.54) is 0 Å². The lowest BCUT2D eigenvalue weighted by Gasteiger charge is -2.34. The molecule has 1 fully saturated rings. The summed E-state index contributed by atoms with van der Waals surface area (Å²) in [5.41, 5.74) is 1.64. The Morgan fingerprint density at radius 3 is 2.50 bits per heavy atom. The first-order valence-corrected chi connectivity index (χ1v) is 7.75. The number of hydrogen-bond donors (Lipinski definition) is 0. The molecule has 0 atom stereocenters. The highest BCUT2D eigenvalue weighted by molar-refractivity contribution is 6.01. The number of ether oxygens (including phenoxy) is 1. The molecule has 1 amide bonds. The predicted octanol–water partition coefficient (Wildman–Crippen LogP) is 2.16. The highest BCUT2D eigenvalue weighted by Gasteiger charge is 2.21. The van der Waals surface area contributed by atoms with Crippen molar-refractivity contribution in [1.29, 1.82) is 0 Å². The van der Waals surface area contributed by atoms with Gasteiger partial charge in [-0.15, -0.1) is 0 Å². The summed E-state index contributed by atoms with van der Waals surface area (Å²) in [6.07, 6.45) is -0.0104. The van der Waals surface area contributed by atoms with Crippen molar-refractivity contribution in [3.8, 4) is 0 Å². The lowest BCUT2D eigenvalue weighted by atomic mass is 10.1. The summed E-state index contributed by atoms with van der Waals surface area (Å²) in [7, 11) is 2.09. The van der Waals surface area contributed by atoms with Gasteiger partial charge in [-0.1, -0.05) is 17.7 Å². The molecule has 120 valence electrons. The van der Waals surface area contributed by atoms with Crippen LogP contribution in [-0.4, -0.2) is 61.1 Å². The number of piperazine rings is 1. The van der Waals surface area contributed by atoms with Crippen LogP contribution in [0.1, 0.15) is 29.8 Å². The summed E-state index contributed by atoms with van der Waals surface area (Å²) in [5, 5.41) is 0. The second-order valence-corrected chi connectivity index (χ2v) is 6.03. The van der Waals surface area contributed by atoms with Crippen molar-refractivity contribution >= 4 is 11.9 Å². The smallest absolute Gasteiger partial charge is 0.295 e. The summed E-state index contributed by atoms with van der Waals surface area (Å²) >= 11 is 0. The Bertz CT molecular complexity index is 547. The molecule has 0 spiro atoms. The Balaban J connectivity index is 2.18. The van der Waals surface area contributed by atoms with Gasteiger partial charge < -0.3 is 14.5 Å². The van der Waals surface area contributed by atoms with Crippen LogP contribution < -0.4 is 0 Å². The minimum Gasteiger partial charge on any atom is -0.462 e. The average Bonchev–Trinajstić information content (AvgIpc) is 2.47. The Morgan fingerprint density at radius 2 is 1.91 bits per heavy atom. The van der Waals surface area contributed by atoms with Crippen LogP contribution >= 0.6 is 0 Å². The maximum atomic E-state index is 12.4. The average molecular weight is 303 g/mol. The first-order valence-electron chi connectivity index (χ1n) is 7.75. The third kappa shape index (κ3) is 4.56. The minimum atomic E-state index is -0.252. The van der Waals surface area contributed by atoms with Gasteiger partial charge in [0.05, 0.1) is 6.10 Å². The first kappa shape index (κ1) is 16.5. The number of aryl methyl sites for hydroxylation is 1. The number of nitrogens with zero attached hydrogens (tertiary/aromatic N) is 3. The largest absolute Gasteiger partial charge is 0.462 e. The van der Waals surface area contributed by atoms with Crippen LogP contribution in [0.15, 0.2) is 29.3 Å². The maximum absolute atomic E-state index is 12.4. The zero-order chi connectivity index (χ0) is 16.1. The van der Waals surface area contributed by atoms with Gasteiger partial charge in [0.15, 0.2) is 0 Å². The zero-order valence-electron chi connectivity index (χ0n) is 13.9. The summed E-state index contributed by atoms with van der Waals surface area (Å²) < 4.78 is 5.78. The van der Waals surface area contributed by atoms with E-state index >= 15 is 0 Å². The normalized spacial score (nSPS) is 17.0. The van der Waals surface area contributed by atoms with Gasteiger partial charge in [-0.25, -0.2) is 0 Å². The third-order valence-corrected chi connectivity index (χ3v) is 3.58. The SMILES string of the molecule is Cc1cccc(C(=O)N=C(OC(C)C)N2CCN(C)CC2)c1. The number of carbonyl (C=O) groups excluding carboxylic acids is 1. The van der Waals surface area contributed by atoms with Crippen molar-refractivity contribution in [3.63, 3.8) is 0 Å². The fourth-order valence-electron chi connectivity index (χ4n) is 2.31. The van der Waals surface area contributed by atoms with Crippen molar-refractivity contribution in [2.45, 2.75) is 26.9 Å². The van der Waals surface area contributed by atoms with Gasteiger partial charge in [-0.2, -0.15) is 4.99 Å². The van der Waals surface area contributed by atoms with Crippen LogP contribution in [0.4, 0.5) is 0 Å². The number of amides is 1. The van der Waals surface area contributed by atoms with Gasteiger partial charge in [0, 0.05) is 31.7 Å². The molecule has 0 bridgehead atoms. The van der Waals surface area contributed by atoms with E-state index in [4.69, 9.17) is 4.74 Å². The molecule has 5 nitrogen and oxygen atoms in total. The standard InChI is InChI=1S/C17H25N3O2/c1-13(2)22-17(20-10-8-19(4)9-11-20)18-16(21)15-7-5-6-14(3)12-15/h5-7,12-13H,8-11H2,1-4H3. The van der Waals surface area contributed by atoms with Gasteiger partial charge in [0.2, 0.25) is 0 Å². The van der Waals surface area contributed by atoms with Crippen LogP contribution in [0.25, 0.3) is 0 Å². The van der Waals surface area contributed by atoms with Crippen LogP contribution in [0, 0.1) is 6.92 Å². The number of aliphatic imine (C=N–C) groups is 1. The molecule has 0 aliphatic carbocycles. The van der Waals surface area contributed by atoms with Crippen LogP contribution in [0.5, 0.6) is 0 Å². The summed E-state index contributed by atoms with van der Waals surface area (Å²) in [5.74, 6) is -0.252. The number of carbonyl (C=O) groups is 1. The zero-order valence-corrected chi connectivity index (χ0v) is 13.9. The van der Waals surface area contributed by atoms with Crippen LogP contribution in [-0.2, 0) is 4.74 Å². The minimum absolute atomic E-state index is 0.0104. The molecular formula is C17H25N3O2. The fourth-order valence-corrected chi connectivity index (χ4v) is 2.31. The highest BCUT2D eigenvalue weighted by atomic mass is 16.5. The summed E-state index contributed by atoms with van der Waals surface area (Å²) in [4.78, 5) is 20.9. The number of likely N-dealkylation sites (N-methyl/N-ethyl adjacent to an activating group) is 1. The molecular weight excluding hydrogens is 278 g/mol. The third-order valence-electron chi connectivity index (χ3n) is 3.58. The topological polar surface area (TPSA) is 45.1 Å². The quantitative estimate of drug-likeness (QED) is 0.620. The first-order chi connectivity index (χ1) is 10.5. The molecule has 5 heteroatoms. The van der Waals surface area contributed by atoms with E-state index < -0.39 is 0 Å². The van der Waals surface area contributed by atoms with E-state index in [1.807, 2.05) is 43.9 Å². The van der Waals surface area contributed by atoms with Crippen molar-refractivity contribution < 1.29 is 9.53 Å². The second-order valence-electron chi connectivity index (χ2n) is 6.03. The van der Waals surface area contributed by atoms with E-state index in [0.29, 0.717) is 11.6 Å². The fraction of sp³-hybridized carbons (Fsp3) is 0.529. The number of benzene rings is 1. The molecule has 1 saturated heterocycles. The molecule has 0 radical (unpaired) electrons. The van der Waals surface area contributed by atoms with Crippen molar-refractivity contribution in [2.75, 3.05) is 33.2 Å². The van der Waals surface area contributed by atoms with Gasteiger partial charge >= 0.3 is 0 Å². The molecule has 2 rings (SSSR count). The molecule has 22 heavy (non-hydrogen) atoms. The van der Waals surface area contributed by atoms with Crippen molar-refractivity contribution in [3.05, 3.63) is 35.4 Å². The molecule has 0 N–H and O–H groups in total. The summed E-state index contributed by atoms with van der Waals surface area (Å²) in [6, 6.07) is 7.91. The van der Waals surface area contributed by atoms with Crippen molar-refractivity contribution in [2.24, 2.45) is 4.99 Å². The molecule has 0 saturated carbocycles. The van der Waals surface area contributed by atoms with E-state index in [1.54, 1.807) is 6.07 Å². The molecule has 1 aliphatic rings. The maximum Gasteiger partial charge on any atom is 0.295 e. The number of hydrogen-bond acceptors (Lipinski definition) is 3. The van der Waals surface area contributed by atoms with E-state index in [2.05, 4.69) is 16.9 Å². The monoisotopic (exact) mass is 303 g/mol. The molecule has 0 aromatic heterocycles. The molecule has 1 aromatic carbocycles. The van der Waals surface area contributed by atoms with Crippen LogP contribution in [0.3, 0.4) is 0 Å². The Kier molecular flexibility index (Phi) is 5.55. The van der Waals surface area contributed by atoms with Gasteiger partial charge in [0.25, 0.3) is 11.9 Å². The second kappa shape index (κ2) is 7.40. The Hall–Kier alpha value is -1.88. The molecule has 1 aliphatic heterocycles. The molecule has 0 unspecified atom stereocenters. The lowest BCUT2D eigenvalue weighted by Crippen LogP contribution is -2.48. The number of rotatable bonds is 2. The van der Waals surface area contributed by atoms with Gasteiger partial charge in [-0.3, -0.25) is 4.79 Å². The van der Waals surface area contributed by atoms with E-state index in [-0.39, 0.29) is 12.0 Å². The number of amidine groups is 1. The van der Waals surface area contributed by atoms with E-state index in [9.17, 15) is 4.79 Å². The lowest BCUT2D eigenvalue weighted by molar-refractivity contribution is 0.0980. The predicted molar refractivity (Wildman–Crippen MR) is 88.2 cm³/mol. The Morgan fingerprint density at radius 1 is 1.23 bits per heavy atom. The highest BCUT2D eigenvalue weighted by Crippen LogP contribution is 2.09. The van der Waals surface area contributed by atoms with Crippen LogP contribution in [0.2, 0.25) is 0 Å². The molecule has 1 heterocycles. The van der Waals surface area contributed by atoms with Gasteiger partial charge in [-0.05, 0) is 40.0 Å². The Labute approximate surface area is 132 Å².